The molecule has 2 saturated carbocycles. The highest BCUT2D eigenvalue weighted by Gasteiger charge is 2.36. The van der Waals surface area contributed by atoms with E-state index < -0.39 is 11.9 Å². The van der Waals surface area contributed by atoms with Crippen molar-refractivity contribution in [3.63, 3.8) is 0 Å². The molecule has 2 atom stereocenters. The minimum absolute atomic E-state index is 0.0148. The van der Waals surface area contributed by atoms with Crippen LogP contribution in [0, 0.1) is 11.8 Å². The first-order valence-electron chi connectivity index (χ1n) is 7.71. The van der Waals surface area contributed by atoms with Crippen LogP contribution in [-0.2, 0) is 9.59 Å². The Morgan fingerprint density at radius 3 is 1.89 bits per heavy atom. The van der Waals surface area contributed by atoms with Crippen LogP contribution in [0.5, 0.6) is 0 Å². The molecule has 2 rings (SSSR count). The van der Waals surface area contributed by atoms with Crippen LogP contribution >= 0.6 is 0 Å². The highest BCUT2D eigenvalue weighted by atomic mass is 16.4. The summed E-state index contributed by atoms with van der Waals surface area (Å²) in [5.41, 5.74) is 0. The van der Waals surface area contributed by atoms with Crippen molar-refractivity contribution in [2.24, 2.45) is 11.8 Å². The second kappa shape index (κ2) is 6.92. The molecule has 0 heterocycles. The zero-order chi connectivity index (χ0) is 13.7. The van der Waals surface area contributed by atoms with E-state index in [0.29, 0.717) is 6.42 Å². The minimum atomic E-state index is -0.805. The second-order valence-corrected chi connectivity index (χ2v) is 6.03. The topological polar surface area (TPSA) is 66.4 Å². The fourth-order valence-corrected chi connectivity index (χ4v) is 3.47. The summed E-state index contributed by atoms with van der Waals surface area (Å²) >= 11 is 0. The summed E-state index contributed by atoms with van der Waals surface area (Å²) in [6, 6.07) is 0.270. The lowest BCUT2D eigenvalue weighted by Crippen LogP contribution is -2.43. The molecule has 0 radical (unpaired) electrons. The maximum Gasteiger partial charge on any atom is 0.307 e. The Balaban J connectivity index is 1.91. The molecule has 2 aliphatic carbocycles. The zero-order valence-electron chi connectivity index (χ0n) is 11.6. The van der Waals surface area contributed by atoms with E-state index >= 15 is 0 Å². The van der Waals surface area contributed by atoms with E-state index in [4.69, 9.17) is 0 Å². The zero-order valence-corrected chi connectivity index (χ0v) is 11.6. The lowest BCUT2D eigenvalue weighted by molar-refractivity contribution is -0.149. The van der Waals surface area contributed by atoms with Crippen LogP contribution in [-0.4, -0.2) is 23.0 Å². The van der Waals surface area contributed by atoms with E-state index in [1.54, 1.807) is 0 Å². The van der Waals surface area contributed by atoms with E-state index in [9.17, 15) is 14.7 Å². The molecule has 0 spiro atoms. The Morgan fingerprint density at radius 2 is 1.32 bits per heavy atom. The molecule has 0 saturated heterocycles. The Morgan fingerprint density at radius 1 is 0.789 bits per heavy atom. The maximum atomic E-state index is 12.3. The lowest BCUT2D eigenvalue weighted by atomic mass is 9.78. The Bertz CT molecular complexity index is 321. The average molecular weight is 267 g/mol. The number of carbonyl (C=O) groups excluding carboxylic acids is 1. The van der Waals surface area contributed by atoms with Crippen molar-refractivity contribution in [1.82, 2.24) is 5.32 Å². The van der Waals surface area contributed by atoms with Gasteiger partial charge in [0.2, 0.25) is 5.91 Å². The van der Waals surface area contributed by atoms with Gasteiger partial charge in [-0.2, -0.15) is 0 Å². The number of hydrogen-bond acceptors (Lipinski definition) is 2. The highest BCUT2D eigenvalue weighted by molar-refractivity contribution is 5.85. The van der Waals surface area contributed by atoms with Gasteiger partial charge < -0.3 is 10.4 Å². The summed E-state index contributed by atoms with van der Waals surface area (Å²) < 4.78 is 0. The van der Waals surface area contributed by atoms with Gasteiger partial charge in [0.15, 0.2) is 0 Å². The van der Waals surface area contributed by atoms with Gasteiger partial charge in [-0.3, -0.25) is 9.59 Å². The average Bonchev–Trinajstić information content (AvgIpc) is 2.67. The van der Waals surface area contributed by atoms with Crippen LogP contribution in [0.15, 0.2) is 0 Å². The van der Waals surface area contributed by atoms with Gasteiger partial charge in [0.05, 0.1) is 11.8 Å². The third kappa shape index (κ3) is 3.95. The van der Waals surface area contributed by atoms with Gasteiger partial charge in [-0.15, -0.1) is 0 Å². The molecule has 2 N–H and O–H groups in total. The molecular weight excluding hydrogens is 242 g/mol. The fraction of sp³-hybridized carbons (Fsp3) is 0.867. The first-order chi connectivity index (χ1) is 9.18. The number of rotatable bonds is 3. The van der Waals surface area contributed by atoms with Gasteiger partial charge in [-0.05, 0) is 25.7 Å². The van der Waals surface area contributed by atoms with Gasteiger partial charge in [0.1, 0.15) is 0 Å². The normalized spacial score (nSPS) is 29.5. The second-order valence-electron chi connectivity index (χ2n) is 6.03. The van der Waals surface area contributed by atoms with E-state index in [1.807, 2.05) is 0 Å². The number of nitrogens with one attached hydrogen (secondary N) is 1. The predicted molar refractivity (Wildman–Crippen MR) is 72.7 cm³/mol. The molecular formula is C15H25NO3. The number of hydrogen-bond donors (Lipinski definition) is 2. The van der Waals surface area contributed by atoms with Crippen LogP contribution in [0.3, 0.4) is 0 Å². The van der Waals surface area contributed by atoms with Crippen LogP contribution in [0.2, 0.25) is 0 Å². The molecule has 0 aromatic heterocycles. The number of amides is 1. The molecule has 108 valence electrons. The van der Waals surface area contributed by atoms with Crippen molar-refractivity contribution in [2.45, 2.75) is 70.3 Å². The van der Waals surface area contributed by atoms with Gasteiger partial charge in [0.25, 0.3) is 0 Å². The number of aliphatic carboxylic acids is 1. The summed E-state index contributed by atoms with van der Waals surface area (Å²) in [6.07, 6.45) is 10.3. The third-order valence-corrected chi connectivity index (χ3v) is 4.62. The van der Waals surface area contributed by atoms with Crippen molar-refractivity contribution in [3.05, 3.63) is 0 Å². The van der Waals surface area contributed by atoms with E-state index in [0.717, 1.165) is 32.1 Å². The molecule has 0 aromatic carbocycles. The number of carbonyl (C=O) groups is 2. The van der Waals surface area contributed by atoms with Gasteiger partial charge in [0, 0.05) is 6.04 Å². The third-order valence-electron chi connectivity index (χ3n) is 4.62. The van der Waals surface area contributed by atoms with E-state index in [-0.39, 0.29) is 17.9 Å². The van der Waals surface area contributed by atoms with Crippen LogP contribution in [0.4, 0.5) is 0 Å². The molecule has 2 fully saturated rings. The summed E-state index contributed by atoms with van der Waals surface area (Å²) in [5.74, 6) is -1.60. The largest absolute Gasteiger partial charge is 0.481 e. The van der Waals surface area contributed by atoms with Gasteiger partial charge in [-0.25, -0.2) is 0 Å². The monoisotopic (exact) mass is 267 g/mol. The molecule has 0 unspecified atom stereocenters. The Kier molecular flexibility index (Phi) is 5.23. The van der Waals surface area contributed by atoms with Crippen molar-refractivity contribution in [2.75, 3.05) is 0 Å². The summed E-state index contributed by atoms with van der Waals surface area (Å²) in [6.45, 7) is 0. The minimum Gasteiger partial charge on any atom is -0.481 e. The molecule has 19 heavy (non-hydrogen) atoms. The molecule has 4 nitrogen and oxygen atoms in total. The smallest absolute Gasteiger partial charge is 0.307 e. The molecule has 0 aromatic rings. The van der Waals surface area contributed by atoms with Crippen LogP contribution < -0.4 is 5.32 Å². The first-order valence-corrected chi connectivity index (χ1v) is 7.71. The maximum absolute atomic E-state index is 12.3. The summed E-state index contributed by atoms with van der Waals surface area (Å²) in [7, 11) is 0. The first kappa shape index (κ1) is 14.4. The molecule has 0 aliphatic heterocycles. The van der Waals surface area contributed by atoms with Gasteiger partial charge in [-0.1, -0.05) is 38.5 Å². The predicted octanol–water partition coefficient (Wildman–Crippen LogP) is 2.72. The highest BCUT2D eigenvalue weighted by Crippen LogP contribution is 2.31. The molecule has 0 bridgehead atoms. The summed E-state index contributed by atoms with van der Waals surface area (Å²) in [4.78, 5) is 23.6. The van der Waals surface area contributed by atoms with Gasteiger partial charge >= 0.3 is 5.97 Å². The standard InChI is InChI=1S/C15H25NO3/c17-14(16-11-7-3-1-2-4-8-11)12-9-5-6-10-13(12)15(18)19/h11-13H,1-10H2,(H,16,17)(H,18,19)/t12-,13-/m0/s1. The molecule has 2 aliphatic rings. The number of carboxylic acids is 1. The number of carboxylic acid groups (broad SMARTS) is 1. The Hall–Kier alpha value is -1.06. The fourth-order valence-electron chi connectivity index (χ4n) is 3.47. The summed E-state index contributed by atoms with van der Waals surface area (Å²) in [5, 5.41) is 12.3. The SMILES string of the molecule is O=C(O)[C@H]1CCCC[C@@H]1C(=O)NC1CCCCCC1. The molecule has 1 amide bonds. The van der Waals surface area contributed by atoms with E-state index in [2.05, 4.69) is 5.32 Å². The molecule has 4 heteroatoms. The van der Waals surface area contributed by atoms with E-state index in [1.165, 1.54) is 25.7 Å². The Labute approximate surface area is 115 Å². The van der Waals surface area contributed by atoms with Crippen molar-refractivity contribution in [3.8, 4) is 0 Å². The van der Waals surface area contributed by atoms with Crippen LogP contribution in [0.25, 0.3) is 0 Å². The quantitative estimate of drug-likeness (QED) is 0.773. The van der Waals surface area contributed by atoms with Crippen molar-refractivity contribution >= 4 is 11.9 Å². The lowest BCUT2D eigenvalue weighted by Gasteiger charge is -2.29. The van der Waals surface area contributed by atoms with Crippen LogP contribution in [0.1, 0.15) is 64.2 Å². The van der Waals surface area contributed by atoms with Crippen molar-refractivity contribution < 1.29 is 14.7 Å². The van der Waals surface area contributed by atoms with Crippen molar-refractivity contribution in [1.29, 1.82) is 0 Å².